The van der Waals surface area contributed by atoms with Gasteiger partial charge in [-0.15, -0.1) is 0 Å². The van der Waals surface area contributed by atoms with Gasteiger partial charge >= 0.3 is 5.97 Å². The number of esters is 1. The monoisotopic (exact) mass is 406 g/mol. The number of hydrogen-bond acceptors (Lipinski definition) is 5. The number of fused-ring (bicyclic) bond motifs is 1. The van der Waals surface area contributed by atoms with E-state index in [2.05, 4.69) is 5.32 Å². The van der Waals surface area contributed by atoms with Gasteiger partial charge in [-0.3, -0.25) is 19.3 Å². The van der Waals surface area contributed by atoms with Gasteiger partial charge in [-0.2, -0.15) is 0 Å². The maximum absolute atomic E-state index is 12.6. The molecule has 150 valence electrons. The number of hydrogen-bond donors (Lipinski definition) is 1. The lowest BCUT2D eigenvalue weighted by Gasteiger charge is -2.21. The number of carbonyl (C=O) groups is 4. The molecule has 0 aromatic heterocycles. The second kappa shape index (κ2) is 8.31. The van der Waals surface area contributed by atoms with Crippen LogP contribution in [0, 0.1) is 18.8 Å². The average Bonchev–Trinajstić information content (AvgIpc) is 2.94. The summed E-state index contributed by atoms with van der Waals surface area (Å²) >= 11 is 6.01. The third kappa shape index (κ3) is 3.90. The number of anilines is 1. The molecule has 3 amide bonds. The number of amides is 3. The first-order chi connectivity index (χ1) is 13.3. The normalized spacial score (nSPS) is 22.6. The molecule has 1 aliphatic carbocycles. The zero-order valence-corrected chi connectivity index (χ0v) is 16.6. The van der Waals surface area contributed by atoms with Crippen molar-refractivity contribution in [2.24, 2.45) is 11.8 Å². The number of likely N-dealkylation sites (tertiary alicyclic amines) is 1. The van der Waals surface area contributed by atoms with Gasteiger partial charge in [-0.05, 0) is 44.4 Å². The average molecular weight is 407 g/mol. The highest BCUT2D eigenvalue weighted by Crippen LogP contribution is 2.38. The van der Waals surface area contributed by atoms with E-state index in [0.29, 0.717) is 29.1 Å². The van der Waals surface area contributed by atoms with Crippen molar-refractivity contribution in [2.45, 2.75) is 45.6 Å². The molecule has 1 N–H and O–H groups in total. The molecule has 8 heteroatoms. The second-order valence-electron chi connectivity index (χ2n) is 7.29. The van der Waals surface area contributed by atoms with Crippen LogP contribution < -0.4 is 5.32 Å². The van der Waals surface area contributed by atoms with Crippen LogP contribution in [-0.4, -0.2) is 41.2 Å². The quantitative estimate of drug-likeness (QED) is 0.599. The lowest BCUT2D eigenvalue weighted by atomic mass is 9.81. The Bertz CT molecular complexity index is 801. The molecule has 7 nitrogen and oxygen atoms in total. The molecule has 1 aromatic carbocycles. The number of halogens is 1. The van der Waals surface area contributed by atoms with Crippen LogP contribution in [0.5, 0.6) is 0 Å². The van der Waals surface area contributed by atoms with Gasteiger partial charge in [0.15, 0.2) is 6.61 Å². The largest absolute Gasteiger partial charge is 0.454 e. The smallest absolute Gasteiger partial charge is 0.329 e. The summed E-state index contributed by atoms with van der Waals surface area (Å²) in [5.74, 6) is -2.58. The van der Waals surface area contributed by atoms with Crippen molar-refractivity contribution in [1.82, 2.24) is 4.90 Å². The molecule has 2 fully saturated rings. The van der Waals surface area contributed by atoms with Crippen LogP contribution in [0.2, 0.25) is 5.02 Å². The molecule has 1 saturated carbocycles. The maximum atomic E-state index is 12.6. The Kier molecular flexibility index (Phi) is 6.03. The fraction of sp³-hybridized carbons (Fsp3) is 0.500. The summed E-state index contributed by atoms with van der Waals surface area (Å²) in [6, 6.07) is 4.04. The first-order valence-electron chi connectivity index (χ1n) is 9.39. The molecule has 0 radical (unpaired) electrons. The van der Waals surface area contributed by atoms with Crippen LogP contribution in [0.4, 0.5) is 5.69 Å². The number of ether oxygens (including phenoxy) is 1. The summed E-state index contributed by atoms with van der Waals surface area (Å²) < 4.78 is 5.04. The summed E-state index contributed by atoms with van der Waals surface area (Å²) in [4.78, 5) is 50.5. The Hall–Kier alpha value is -2.41. The van der Waals surface area contributed by atoms with Crippen molar-refractivity contribution in [2.75, 3.05) is 11.9 Å². The van der Waals surface area contributed by atoms with Gasteiger partial charge in [-0.25, -0.2) is 4.79 Å². The number of nitrogens with one attached hydrogen (secondary N) is 1. The lowest BCUT2D eigenvalue weighted by Crippen LogP contribution is -2.45. The van der Waals surface area contributed by atoms with E-state index in [1.807, 2.05) is 0 Å². The third-order valence-electron chi connectivity index (χ3n) is 5.49. The molecule has 1 aliphatic heterocycles. The number of carbonyl (C=O) groups excluding carboxylic acids is 4. The van der Waals surface area contributed by atoms with Crippen molar-refractivity contribution >= 4 is 41.0 Å². The molecular weight excluding hydrogens is 384 g/mol. The van der Waals surface area contributed by atoms with E-state index in [4.69, 9.17) is 16.3 Å². The number of rotatable bonds is 5. The number of imide groups is 1. The van der Waals surface area contributed by atoms with Crippen LogP contribution in [0.25, 0.3) is 0 Å². The minimum atomic E-state index is -1.05. The van der Waals surface area contributed by atoms with Crippen molar-refractivity contribution in [3.05, 3.63) is 28.8 Å². The molecular formula is C20H23ClN2O5. The van der Waals surface area contributed by atoms with E-state index in [-0.39, 0.29) is 23.7 Å². The molecule has 0 bridgehead atoms. The number of benzene rings is 1. The Morgan fingerprint density at radius 1 is 1.21 bits per heavy atom. The predicted octanol–water partition coefficient (Wildman–Crippen LogP) is 2.69. The van der Waals surface area contributed by atoms with Crippen LogP contribution in [0.1, 0.15) is 38.2 Å². The highest BCUT2D eigenvalue weighted by Gasteiger charge is 2.51. The third-order valence-corrected chi connectivity index (χ3v) is 5.90. The van der Waals surface area contributed by atoms with Crippen molar-refractivity contribution in [1.29, 1.82) is 0 Å². The van der Waals surface area contributed by atoms with E-state index in [0.717, 1.165) is 17.7 Å². The van der Waals surface area contributed by atoms with Gasteiger partial charge in [0.2, 0.25) is 11.8 Å². The summed E-state index contributed by atoms with van der Waals surface area (Å²) in [7, 11) is 0. The molecule has 28 heavy (non-hydrogen) atoms. The Labute approximate surface area is 168 Å². The zero-order chi connectivity index (χ0) is 20.4. The molecule has 3 atom stereocenters. The highest BCUT2D eigenvalue weighted by molar-refractivity contribution is 6.31. The van der Waals surface area contributed by atoms with Crippen LogP contribution in [0.3, 0.4) is 0 Å². The Morgan fingerprint density at radius 3 is 2.43 bits per heavy atom. The van der Waals surface area contributed by atoms with Crippen LogP contribution in [0.15, 0.2) is 18.2 Å². The molecule has 0 unspecified atom stereocenters. The summed E-state index contributed by atoms with van der Waals surface area (Å²) in [5, 5.41) is 3.14. The van der Waals surface area contributed by atoms with E-state index < -0.39 is 24.5 Å². The predicted molar refractivity (Wildman–Crippen MR) is 103 cm³/mol. The number of nitrogens with zero attached hydrogens (tertiary/aromatic N) is 1. The minimum absolute atomic E-state index is 0.307. The first kappa shape index (κ1) is 20.3. The van der Waals surface area contributed by atoms with E-state index in [9.17, 15) is 19.2 Å². The molecule has 1 aromatic rings. The SMILES string of the molecule is Cc1c(Cl)cccc1NC(=O)COC(=O)[C@H](C)N1C(=O)[C@@H]2CCCC[C@H]2C1=O. The molecule has 0 spiro atoms. The van der Waals surface area contributed by atoms with E-state index in [1.165, 1.54) is 6.92 Å². The van der Waals surface area contributed by atoms with Gasteiger partial charge in [-0.1, -0.05) is 30.5 Å². The molecule has 2 aliphatic rings. The van der Waals surface area contributed by atoms with Crippen molar-refractivity contribution < 1.29 is 23.9 Å². The summed E-state index contributed by atoms with van der Waals surface area (Å²) in [6.45, 7) is 2.70. The standard InChI is InChI=1S/C20H23ClN2O5/c1-11-15(21)8-5-9-16(11)22-17(24)10-28-20(27)12(2)23-18(25)13-6-3-4-7-14(13)19(23)26/h5,8-9,12-14H,3-4,6-7,10H2,1-2H3,(H,22,24)/t12-,13+,14+/m0/s1. The van der Waals surface area contributed by atoms with Gasteiger partial charge in [0, 0.05) is 10.7 Å². The van der Waals surface area contributed by atoms with Crippen LogP contribution >= 0.6 is 11.6 Å². The molecule has 1 heterocycles. The van der Waals surface area contributed by atoms with E-state index in [1.54, 1.807) is 25.1 Å². The lowest BCUT2D eigenvalue weighted by molar-refractivity contribution is -0.159. The molecule has 1 saturated heterocycles. The Balaban J connectivity index is 1.57. The first-order valence-corrected chi connectivity index (χ1v) is 9.77. The van der Waals surface area contributed by atoms with Crippen molar-refractivity contribution in [3.63, 3.8) is 0 Å². The van der Waals surface area contributed by atoms with Gasteiger partial charge in [0.1, 0.15) is 6.04 Å². The summed E-state index contributed by atoms with van der Waals surface area (Å²) in [5.41, 5.74) is 1.23. The van der Waals surface area contributed by atoms with Crippen LogP contribution in [-0.2, 0) is 23.9 Å². The van der Waals surface area contributed by atoms with E-state index >= 15 is 0 Å². The minimum Gasteiger partial charge on any atom is -0.454 e. The highest BCUT2D eigenvalue weighted by atomic mass is 35.5. The topological polar surface area (TPSA) is 92.8 Å². The second-order valence-corrected chi connectivity index (χ2v) is 7.70. The fourth-order valence-electron chi connectivity index (χ4n) is 3.86. The van der Waals surface area contributed by atoms with Gasteiger partial charge in [0.25, 0.3) is 5.91 Å². The maximum Gasteiger partial charge on any atom is 0.329 e. The van der Waals surface area contributed by atoms with Crippen molar-refractivity contribution in [3.8, 4) is 0 Å². The Morgan fingerprint density at radius 2 is 1.82 bits per heavy atom. The van der Waals surface area contributed by atoms with Gasteiger partial charge < -0.3 is 10.1 Å². The zero-order valence-electron chi connectivity index (χ0n) is 15.9. The van der Waals surface area contributed by atoms with Gasteiger partial charge in [0.05, 0.1) is 11.8 Å². The molecule has 3 rings (SSSR count). The summed E-state index contributed by atoms with van der Waals surface area (Å²) in [6.07, 6.45) is 3.18. The fourth-order valence-corrected chi connectivity index (χ4v) is 4.04.